The Morgan fingerprint density at radius 1 is 1.73 bits per heavy atom. The summed E-state index contributed by atoms with van der Waals surface area (Å²) in [5, 5.41) is 4.74. The van der Waals surface area contributed by atoms with Gasteiger partial charge in [-0.15, -0.1) is 0 Å². The first-order valence-corrected chi connectivity index (χ1v) is 4.63. The van der Waals surface area contributed by atoms with Gasteiger partial charge in [0.1, 0.15) is 0 Å². The Morgan fingerprint density at radius 3 is 2.64 bits per heavy atom. The van der Waals surface area contributed by atoms with Crippen LogP contribution >= 0.6 is 0 Å². The van der Waals surface area contributed by atoms with Crippen LogP contribution in [0.25, 0.3) is 0 Å². The quantitative estimate of drug-likeness (QED) is 0.661. The molecule has 0 radical (unpaired) electrons. The Kier molecular flexibility index (Phi) is 1.97. The fourth-order valence-electron chi connectivity index (χ4n) is 0.659. The molecular formula is C5H9N3O2S. The summed E-state index contributed by atoms with van der Waals surface area (Å²) in [5.41, 5.74) is 0. The van der Waals surface area contributed by atoms with Crippen LogP contribution in [0.1, 0.15) is 6.92 Å². The Labute approximate surface area is 64.9 Å². The van der Waals surface area contributed by atoms with E-state index in [4.69, 9.17) is 5.14 Å². The van der Waals surface area contributed by atoms with Crippen LogP contribution in [0.3, 0.4) is 0 Å². The Balaban J connectivity index is 3.09. The maximum Gasteiger partial charge on any atom is 0.257 e. The van der Waals surface area contributed by atoms with Crippen molar-refractivity contribution in [1.82, 2.24) is 9.55 Å². The second-order valence-electron chi connectivity index (χ2n) is 2.09. The molecule has 0 unspecified atom stereocenters. The molecule has 1 heterocycles. The first-order valence-electron chi connectivity index (χ1n) is 3.08. The smallest absolute Gasteiger partial charge is 0.257 e. The van der Waals surface area contributed by atoms with Crippen molar-refractivity contribution >= 4 is 10.0 Å². The average Bonchev–Trinajstić information content (AvgIpc) is 2.32. The third kappa shape index (κ3) is 1.78. The molecule has 0 bridgehead atoms. The molecule has 0 aromatic carbocycles. The van der Waals surface area contributed by atoms with Crippen LogP contribution in [0, 0.1) is 0 Å². The molecule has 0 saturated heterocycles. The normalized spacial score (nSPS) is 11.8. The van der Waals surface area contributed by atoms with E-state index >= 15 is 0 Å². The fourth-order valence-corrected chi connectivity index (χ4v) is 1.14. The van der Waals surface area contributed by atoms with Crippen molar-refractivity contribution in [2.45, 2.75) is 18.5 Å². The lowest BCUT2D eigenvalue weighted by molar-refractivity contribution is 0.594. The van der Waals surface area contributed by atoms with Crippen molar-refractivity contribution in [3.63, 3.8) is 0 Å². The molecule has 0 atom stereocenters. The molecule has 0 aliphatic heterocycles. The van der Waals surface area contributed by atoms with E-state index in [1.807, 2.05) is 6.92 Å². The lowest BCUT2D eigenvalue weighted by atomic mass is 10.7. The molecule has 0 fully saturated rings. The summed E-state index contributed by atoms with van der Waals surface area (Å²) < 4.78 is 23.0. The van der Waals surface area contributed by atoms with E-state index < -0.39 is 10.0 Å². The van der Waals surface area contributed by atoms with Gasteiger partial charge >= 0.3 is 0 Å². The van der Waals surface area contributed by atoms with E-state index in [0.29, 0.717) is 6.54 Å². The minimum Gasteiger partial charge on any atom is -0.336 e. The molecule has 0 aliphatic carbocycles. The Bertz CT molecular complexity index is 340. The number of hydrogen-bond donors (Lipinski definition) is 1. The van der Waals surface area contributed by atoms with Gasteiger partial charge < -0.3 is 4.57 Å². The van der Waals surface area contributed by atoms with E-state index in [-0.39, 0.29) is 5.03 Å². The van der Waals surface area contributed by atoms with Gasteiger partial charge in [0, 0.05) is 12.7 Å². The monoisotopic (exact) mass is 175 g/mol. The van der Waals surface area contributed by atoms with Gasteiger partial charge in [-0.3, -0.25) is 0 Å². The first kappa shape index (κ1) is 8.22. The van der Waals surface area contributed by atoms with Crippen molar-refractivity contribution in [2.75, 3.05) is 0 Å². The van der Waals surface area contributed by atoms with Gasteiger partial charge in [-0.1, -0.05) is 0 Å². The molecule has 11 heavy (non-hydrogen) atoms. The van der Waals surface area contributed by atoms with Crippen molar-refractivity contribution in [2.24, 2.45) is 5.14 Å². The maximum absolute atomic E-state index is 10.7. The maximum atomic E-state index is 10.7. The lowest BCUT2D eigenvalue weighted by Crippen LogP contribution is -2.12. The van der Waals surface area contributed by atoms with Crippen LogP contribution in [0.15, 0.2) is 17.6 Å². The lowest BCUT2D eigenvalue weighted by Gasteiger charge is -1.90. The molecule has 0 spiro atoms. The summed E-state index contributed by atoms with van der Waals surface area (Å²) in [5.74, 6) is 0. The van der Waals surface area contributed by atoms with Crippen molar-refractivity contribution < 1.29 is 8.42 Å². The number of nitrogens with zero attached hydrogens (tertiary/aromatic N) is 2. The molecule has 0 saturated carbocycles. The summed E-state index contributed by atoms with van der Waals surface area (Å²) in [7, 11) is -3.62. The Hall–Kier alpha value is -0.880. The summed E-state index contributed by atoms with van der Waals surface area (Å²) in [4.78, 5) is 3.61. The van der Waals surface area contributed by atoms with Crippen LogP contribution in [-0.2, 0) is 16.6 Å². The number of imidazole rings is 1. The van der Waals surface area contributed by atoms with Crippen molar-refractivity contribution in [3.8, 4) is 0 Å². The van der Waals surface area contributed by atoms with Crippen LogP contribution in [0.4, 0.5) is 0 Å². The number of primary sulfonamides is 1. The number of hydrogen-bond acceptors (Lipinski definition) is 3. The van der Waals surface area contributed by atoms with Gasteiger partial charge in [0.25, 0.3) is 10.0 Å². The average molecular weight is 175 g/mol. The van der Waals surface area contributed by atoms with Crippen LogP contribution < -0.4 is 5.14 Å². The van der Waals surface area contributed by atoms with Crippen molar-refractivity contribution in [1.29, 1.82) is 0 Å². The number of sulfonamides is 1. The predicted molar refractivity (Wildman–Crippen MR) is 39.3 cm³/mol. The predicted octanol–water partition coefficient (Wildman–Crippen LogP) is -0.450. The molecule has 5 nitrogen and oxygen atoms in total. The van der Waals surface area contributed by atoms with Crippen LogP contribution in [-0.4, -0.2) is 18.0 Å². The topological polar surface area (TPSA) is 78.0 Å². The summed E-state index contributed by atoms with van der Waals surface area (Å²) in [6.45, 7) is 2.57. The SMILES string of the molecule is CCn1cnc(S(N)(=O)=O)c1. The van der Waals surface area contributed by atoms with E-state index in [9.17, 15) is 8.42 Å². The second kappa shape index (κ2) is 2.63. The van der Waals surface area contributed by atoms with E-state index in [2.05, 4.69) is 4.98 Å². The molecule has 0 amide bonds. The highest BCUT2D eigenvalue weighted by molar-refractivity contribution is 7.89. The first-order chi connectivity index (χ1) is 5.04. The molecule has 0 aliphatic rings. The van der Waals surface area contributed by atoms with E-state index in [1.165, 1.54) is 12.5 Å². The van der Waals surface area contributed by atoms with Gasteiger partial charge in [-0.25, -0.2) is 18.5 Å². The summed E-state index contributed by atoms with van der Waals surface area (Å²) in [6.07, 6.45) is 2.83. The zero-order valence-electron chi connectivity index (χ0n) is 6.06. The number of nitrogens with two attached hydrogens (primary N) is 1. The van der Waals surface area contributed by atoms with Gasteiger partial charge in [0.15, 0.2) is 5.03 Å². The highest BCUT2D eigenvalue weighted by atomic mass is 32.2. The zero-order valence-corrected chi connectivity index (χ0v) is 6.87. The highest BCUT2D eigenvalue weighted by Gasteiger charge is 2.09. The van der Waals surface area contributed by atoms with E-state index in [0.717, 1.165) is 0 Å². The van der Waals surface area contributed by atoms with Gasteiger partial charge in [0.05, 0.1) is 6.33 Å². The van der Waals surface area contributed by atoms with Crippen LogP contribution in [0.5, 0.6) is 0 Å². The van der Waals surface area contributed by atoms with Gasteiger partial charge in [0.2, 0.25) is 0 Å². The molecular weight excluding hydrogens is 166 g/mol. The molecule has 6 heteroatoms. The molecule has 2 N–H and O–H groups in total. The minimum absolute atomic E-state index is 0.0839. The number of rotatable bonds is 2. The fraction of sp³-hybridized carbons (Fsp3) is 0.400. The van der Waals surface area contributed by atoms with Crippen molar-refractivity contribution in [3.05, 3.63) is 12.5 Å². The van der Waals surface area contributed by atoms with Crippen LogP contribution in [0.2, 0.25) is 0 Å². The van der Waals surface area contributed by atoms with Gasteiger partial charge in [-0.05, 0) is 6.92 Å². The minimum atomic E-state index is -3.62. The van der Waals surface area contributed by atoms with Gasteiger partial charge in [-0.2, -0.15) is 0 Å². The number of aryl methyl sites for hydroxylation is 1. The third-order valence-electron chi connectivity index (χ3n) is 1.27. The molecule has 1 aromatic heterocycles. The zero-order chi connectivity index (χ0) is 8.48. The number of aromatic nitrogens is 2. The Morgan fingerprint density at radius 2 is 2.36 bits per heavy atom. The molecule has 1 rings (SSSR count). The molecule has 62 valence electrons. The summed E-state index contributed by atoms with van der Waals surface area (Å²) in [6, 6.07) is 0. The van der Waals surface area contributed by atoms with E-state index in [1.54, 1.807) is 4.57 Å². The standard InChI is InChI=1S/C5H9N3O2S/c1-2-8-3-5(7-4-8)11(6,9)10/h3-4H,2H2,1H3,(H2,6,9,10). The second-order valence-corrected chi connectivity index (χ2v) is 3.60. The summed E-state index contributed by atoms with van der Waals surface area (Å²) >= 11 is 0. The highest BCUT2D eigenvalue weighted by Crippen LogP contribution is 2.00. The largest absolute Gasteiger partial charge is 0.336 e. The third-order valence-corrected chi connectivity index (χ3v) is 2.06. The molecule has 1 aromatic rings.